The first-order valence-corrected chi connectivity index (χ1v) is 9.86. The van der Waals surface area contributed by atoms with Crippen molar-refractivity contribution in [1.82, 2.24) is 24.9 Å². The van der Waals surface area contributed by atoms with Gasteiger partial charge < -0.3 is 14.8 Å². The zero-order valence-corrected chi connectivity index (χ0v) is 16.3. The second kappa shape index (κ2) is 7.42. The van der Waals surface area contributed by atoms with Crippen LogP contribution in [0.5, 0.6) is 5.75 Å². The van der Waals surface area contributed by atoms with E-state index in [2.05, 4.69) is 15.5 Å². The van der Waals surface area contributed by atoms with Gasteiger partial charge in [-0.3, -0.25) is 4.40 Å². The predicted molar refractivity (Wildman–Crippen MR) is 111 cm³/mol. The van der Waals surface area contributed by atoms with Crippen LogP contribution >= 0.6 is 0 Å². The molecule has 4 heterocycles. The van der Waals surface area contributed by atoms with Crippen molar-refractivity contribution in [3.8, 4) is 17.3 Å². The summed E-state index contributed by atoms with van der Waals surface area (Å²) in [5.41, 5.74) is 2.28. The van der Waals surface area contributed by atoms with E-state index in [0.29, 0.717) is 6.61 Å². The highest BCUT2D eigenvalue weighted by molar-refractivity contribution is 5.82. The Morgan fingerprint density at radius 2 is 1.97 bits per heavy atom. The Morgan fingerprint density at radius 1 is 1.07 bits per heavy atom. The van der Waals surface area contributed by atoms with Gasteiger partial charge in [0, 0.05) is 18.7 Å². The minimum Gasteiger partial charge on any atom is -0.491 e. The Labute approximate surface area is 168 Å². The quantitative estimate of drug-likeness (QED) is 0.565. The van der Waals surface area contributed by atoms with Crippen LogP contribution in [0.1, 0.15) is 12.8 Å². The average molecular weight is 389 g/mol. The van der Waals surface area contributed by atoms with Gasteiger partial charge in [-0.2, -0.15) is 0 Å². The average Bonchev–Trinajstić information content (AvgIpc) is 3.22. The highest BCUT2D eigenvalue weighted by Crippen LogP contribution is 2.27. The fourth-order valence-electron chi connectivity index (χ4n) is 3.84. The highest BCUT2D eigenvalue weighted by Gasteiger charge is 2.32. The molecule has 1 saturated heterocycles. The molecule has 29 heavy (non-hydrogen) atoms. The molecule has 0 aliphatic carbocycles. The fraction of sp³-hybridized carbons (Fsp3) is 0.318. The maximum atomic E-state index is 6.10. The van der Waals surface area contributed by atoms with E-state index in [1.165, 1.54) is 0 Å². The summed E-state index contributed by atoms with van der Waals surface area (Å²) >= 11 is 0. The first-order chi connectivity index (χ1) is 14.3. The Hall–Kier alpha value is -3.03. The summed E-state index contributed by atoms with van der Waals surface area (Å²) in [6.07, 6.45) is 3.85. The standard InChI is InChI=1S/C22H23N5O2/c1-28-22(9-11-23-12-10-22)15-29-17-6-8-18-16(14-17)5-7-19(24-18)21-26-25-20-4-2-3-13-27(20)21/h2-8,13-14,23H,9-12,15H2,1H3. The lowest BCUT2D eigenvalue weighted by molar-refractivity contribution is -0.0640. The molecule has 1 aliphatic rings. The molecule has 0 spiro atoms. The second-order valence-corrected chi connectivity index (χ2v) is 7.43. The number of aromatic nitrogens is 4. The Morgan fingerprint density at radius 3 is 2.83 bits per heavy atom. The van der Waals surface area contributed by atoms with Crippen molar-refractivity contribution in [3.63, 3.8) is 0 Å². The van der Waals surface area contributed by atoms with Crippen molar-refractivity contribution in [3.05, 3.63) is 54.7 Å². The summed E-state index contributed by atoms with van der Waals surface area (Å²) < 4.78 is 13.8. The van der Waals surface area contributed by atoms with Crippen LogP contribution in [0.25, 0.3) is 28.1 Å². The number of fused-ring (bicyclic) bond motifs is 2. The number of ether oxygens (including phenoxy) is 2. The SMILES string of the molecule is COC1(COc2ccc3nc(-c4nnc5ccccn45)ccc3c2)CCNCC1. The van der Waals surface area contributed by atoms with Gasteiger partial charge in [0.1, 0.15) is 23.7 Å². The van der Waals surface area contributed by atoms with Crippen molar-refractivity contribution in [2.24, 2.45) is 0 Å². The highest BCUT2D eigenvalue weighted by atomic mass is 16.5. The molecule has 1 fully saturated rings. The van der Waals surface area contributed by atoms with Crippen molar-refractivity contribution in [2.75, 3.05) is 26.8 Å². The maximum Gasteiger partial charge on any atom is 0.187 e. The van der Waals surface area contributed by atoms with Crippen molar-refractivity contribution in [1.29, 1.82) is 0 Å². The molecule has 0 unspecified atom stereocenters. The van der Waals surface area contributed by atoms with E-state index in [0.717, 1.165) is 59.7 Å². The van der Waals surface area contributed by atoms with Gasteiger partial charge in [-0.15, -0.1) is 10.2 Å². The Balaban J connectivity index is 1.39. The van der Waals surface area contributed by atoms with Crippen molar-refractivity contribution in [2.45, 2.75) is 18.4 Å². The summed E-state index contributed by atoms with van der Waals surface area (Å²) in [7, 11) is 1.77. The van der Waals surface area contributed by atoms with Gasteiger partial charge in [-0.1, -0.05) is 12.1 Å². The third-order valence-electron chi connectivity index (χ3n) is 5.65. The molecule has 5 rings (SSSR count). The summed E-state index contributed by atoms with van der Waals surface area (Å²) in [5.74, 6) is 1.56. The van der Waals surface area contributed by atoms with Crippen molar-refractivity contribution < 1.29 is 9.47 Å². The summed E-state index contributed by atoms with van der Waals surface area (Å²) in [5, 5.41) is 12.9. The minimum absolute atomic E-state index is 0.211. The zero-order chi connectivity index (χ0) is 19.7. The van der Waals surface area contributed by atoms with Crippen LogP contribution < -0.4 is 10.1 Å². The van der Waals surface area contributed by atoms with Crippen molar-refractivity contribution >= 4 is 16.6 Å². The van der Waals surface area contributed by atoms with Crippen LogP contribution in [0, 0.1) is 0 Å². The largest absolute Gasteiger partial charge is 0.491 e. The fourth-order valence-corrected chi connectivity index (χ4v) is 3.84. The number of nitrogens with one attached hydrogen (secondary N) is 1. The lowest BCUT2D eigenvalue weighted by atomic mass is 9.93. The second-order valence-electron chi connectivity index (χ2n) is 7.43. The van der Waals surface area contributed by atoms with Crippen LogP contribution in [-0.4, -0.2) is 52.0 Å². The van der Waals surface area contributed by atoms with E-state index >= 15 is 0 Å². The molecular formula is C22H23N5O2. The van der Waals surface area contributed by atoms with Crippen LogP contribution in [0.15, 0.2) is 54.7 Å². The summed E-state index contributed by atoms with van der Waals surface area (Å²) in [6, 6.07) is 15.8. The molecule has 1 N–H and O–H groups in total. The summed E-state index contributed by atoms with van der Waals surface area (Å²) in [6.45, 7) is 2.46. The molecule has 1 aromatic carbocycles. The van der Waals surface area contributed by atoms with E-state index in [1.807, 2.05) is 59.1 Å². The summed E-state index contributed by atoms with van der Waals surface area (Å²) in [4.78, 5) is 4.78. The van der Waals surface area contributed by atoms with Crippen LogP contribution in [0.4, 0.5) is 0 Å². The number of pyridine rings is 2. The molecule has 0 radical (unpaired) electrons. The topological polar surface area (TPSA) is 73.6 Å². The molecule has 4 aromatic rings. The van der Waals surface area contributed by atoms with E-state index in [1.54, 1.807) is 7.11 Å². The van der Waals surface area contributed by atoms with Gasteiger partial charge in [0.05, 0.1) is 5.52 Å². The molecule has 3 aromatic heterocycles. The van der Waals surface area contributed by atoms with E-state index in [9.17, 15) is 0 Å². The van der Waals surface area contributed by atoms with E-state index < -0.39 is 0 Å². The normalized spacial score (nSPS) is 16.3. The number of methoxy groups -OCH3 is 1. The smallest absolute Gasteiger partial charge is 0.187 e. The van der Waals surface area contributed by atoms with Gasteiger partial charge >= 0.3 is 0 Å². The van der Waals surface area contributed by atoms with Gasteiger partial charge in [0.15, 0.2) is 11.5 Å². The number of hydrogen-bond donors (Lipinski definition) is 1. The van der Waals surface area contributed by atoms with Crippen LogP contribution in [0.2, 0.25) is 0 Å². The molecule has 0 saturated carbocycles. The molecule has 148 valence electrons. The minimum atomic E-state index is -0.211. The number of piperidine rings is 1. The Kier molecular flexibility index (Phi) is 4.61. The number of nitrogens with zero attached hydrogens (tertiary/aromatic N) is 4. The number of benzene rings is 1. The lowest BCUT2D eigenvalue weighted by Crippen LogP contribution is -2.47. The van der Waals surface area contributed by atoms with Crippen LogP contribution in [0.3, 0.4) is 0 Å². The molecule has 1 aliphatic heterocycles. The van der Waals surface area contributed by atoms with Gasteiger partial charge in [-0.25, -0.2) is 4.98 Å². The van der Waals surface area contributed by atoms with Crippen LogP contribution in [-0.2, 0) is 4.74 Å². The number of rotatable bonds is 5. The molecule has 7 heteroatoms. The predicted octanol–water partition coefficient (Wildman–Crippen LogP) is 3.09. The molecule has 0 amide bonds. The lowest BCUT2D eigenvalue weighted by Gasteiger charge is -2.35. The van der Waals surface area contributed by atoms with E-state index in [4.69, 9.17) is 14.5 Å². The van der Waals surface area contributed by atoms with Gasteiger partial charge in [0.25, 0.3) is 0 Å². The first kappa shape index (κ1) is 18.0. The molecule has 0 atom stereocenters. The van der Waals surface area contributed by atoms with E-state index in [-0.39, 0.29) is 5.60 Å². The number of hydrogen-bond acceptors (Lipinski definition) is 6. The van der Waals surface area contributed by atoms with Gasteiger partial charge in [0.2, 0.25) is 0 Å². The Bertz CT molecular complexity index is 1150. The molecular weight excluding hydrogens is 366 g/mol. The first-order valence-electron chi connectivity index (χ1n) is 9.86. The monoisotopic (exact) mass is 389 g/mol. The zero-order valence-electron chi connectivity index (χ0n) is 16.3. The molecule has 7 nitrogen and oxygen atoms in total. The molecule has 0 bridgehead atoms. The maximum absolute atomic E-state index is 6.10. The third-order valence-corrected chi connectivity index (χ3v) is 5.65. The van der Waals surface area contributed by atoms with Gasteiger partial charge in [-0.05, 0) is 62.3 Å². The third kappa shape index (κ3) is 3.43.